The zero-order valence-corrected chi connectivity index (χ0v) is 16.3. The number of hydrogen-bond acceptors (Lipinski definition) is 6. The maximum atomic E-state index is 12.9. The molecule has 1 aromatic heterocycles. The van der Waals surface area contributed by atoms with Gasteiger partial charge >= 0.3 is 0 Å². The standard InChI is InChI=1S/C20H26N4O3/c1-13-12-21-14(2)19(22-13)23-15-7-9-24(10-8-15)20(25)17-6-5-16(26-3)11-18(17)27-4/h5-6,11-12,15H,7-10H2,1-4H3,(H,22,23). The number of carbonyl (C=O) groups is 1. The second-order valence-corrected chi connectivity index (χ2v) is 6.72. The van der Waals surface area contributed by atoms with Crippen LogP contribution in [-0.2, 0) is 0 Å². The lowest BCUT2D eigenvalue weighted by Crippen LogP contribution is -2.42. The van der Waals surface area contributed by atoms with Gasteiger partial charge < -0.3 is 19.7 Å². The second kappa shape index (κ2) is 8.24. The molecule has 1 amide bonds. The average Bonchev–Trinajstić information content (AvgIpc) is 2.70. The number of ether oxygens (including phenoxy) is 2. The lowest BCUT2D eigenvalue weighted by molar-refractivity contribution is 0.0715. The molecule has 7 nitrogen and oxygen atoms in total. The molecule has 3 rings (SSSR count). The van der Waals surface area contributed by atoms with Crippen molar-refractivity contribution in [2.24, 2.45) is 0 Å². The summed E-state index contributed by atoms with van der Waals surface area (Å²) in [5.74, 6) is 2.02. The maximum Gasteiger partial charge on any atom is 0.257 e. The van der Waals surface area contributed by atoms with Crippen molar-refractivity contribution in [2.75, 3.05) is 32.6 Å². The number of amides is 1. The summed E-state index contributed by atoms with van der Waals surface area (Å²) in [6, 6.07) is 5.56. The highest BCUT2D eigenvalue weighted by atomic mass is 16.5. The van der Waals surface area contributed by atoms with Gasteiger partial charge in [0.1, 0.15) is 17.3 Å². The van der Waals surface area contributed by atoms with Gasteiger partial charge in [-0.25, -0.2) is 4.98 Å². The van der Waals surface area contributed by atoms with E-state index in [2.05, 4.69) is 15.3 Å². The molecule has 0 aliphatic carbocycles. The highest BCUT2D eigenvalue weighted by Gasteiger charge is 2.26. The molecule has 1 aliphatic heterocycles. The molecule has 144 valence electrons. The Morgan fingerprint density at radius 1 is 1.19 bits per heavy atom. The van der Waals surface area contributed by atoms with E-state index >= 15 is 0 Å². The largest absolute Gasteiger partial charge is 0.497 e. The van der Waals surface area contributed by atoms with Crippen LogP contribution in [0.5, 0.6) is 11.5 Å². The van der Waals surface area contributed by atoms with Crippen molar-refractivity contribution in [3.63, 3.8) is 0 Å². The first-order valence-electron chi connectivity index (χ1n) is 9.10. The van der Waals surface area contributed by atoms with E-state index in [4.69, 9.17) is 9.47 Å². The molecule has 1 fully saturated rings. The fraction of sp³-hybridized carbons (Fsp3) is 0.450. The van der Waals surface area contributed by atoms with Crippen molar-refractivity contribution >= 4 is 11.7 Å². The summed E-state index contributed by atoms with van der Waals surface area (Å²) in [7, 11) is 3.15. The topological polar surface area (TPSA) is 76.6 Å². The Morgan fingerprint density at radius 3 is 2.59 bits per heavy atom. The highest BCUT2D eigenvalue weighted by molar-refractivity contribution is 5.97. The summed E-state index contributed by atoms with van der Waals surface area (Å²) in [4.78, 5) is 23.6. The smallest absolute Gasteiger partial charge is 0.257 e. The summed E-state index contributed by atoms with van der Waals surface area (Å²) in [5, 5.41) is 3.47. The van der Waals surface area contributed by atoms with E-state index < -0.39 is 0 Å². The second-order valence-electron chi connectivity index (χ2n) is 6.72. The van der Waals surface area contributed by atoms with Crippen LogP contribution in [0.1, 0.15) is 34.6 Å². The third-order valence-electron chi connectivity index (χ3n) is 4.84. The van der Waals surface area contributed by atoms with E-state index in [9.17, 15) is 4.79 Å². The van der Waals surface area contributed by atoms with Gasteiger partial charge in [-0.2, -0.15) is 0 Å². The summed E-state index contributed by atoms with van der Waals surface area (Å²) in [5.41, 5.74) is 2.34. The van der Waals surface area contributed by atoms with Crippen LogP contribution in [-0.4, -0.2) is 54.1 Å². The van der Waals surface area contributed by atoms with Crippen LogP contribution in [0.4, 0.5) is 5.82 Å². The molecule has 1 N–H and O–H groups in total. The van der Waals surface area contributed by atoms with Crippen molar-refractivity contribution in [3.05, 3.63) is 41.3 Å². The summed E-state index contributed by atoms with van der Waals surface area (Å²) >= 11 is 0. The average molecular weight is 370 g/mol. The highest BCUT2D eigenvalue weighted by Crippen LogP contribution is 2.27. The first-order valence-corrected chi connectivity index (χ1v) is 9.10. The molecule has 1 aromatic carbocycles. The van der Waals surface area contributed by atoms with Crippen LogP contribution < -0.4 is 14.8 Å². The molecule has 0 saturated carbocycles. The first-order chi connectivity index (χ1) is 13.0. The minimum absolute atomic E-state index is 0.0144. The van der Waals surface area contributed by atoms with Crippen LogP contribution >= 0.6 is 0 Å². The molecule has 2 heterocycles. The number of nitrogens with zero attached hydrogens (tertiary/aromatic N) is 3. The molecule has 7 heteroatoms. The van der Waals surface area contributed by atoms with Gasteiger partial charge in [-0.3, -0.25) is 9.78 Å². The van der Waals surface area contributed by atoms with Crippen LogP contribution in [0.2, 0.25) is 0 Å². The molecule has 0 radical (unpaired) electrons. The van der Waals surface area contributed by atoms with Gasteiger partial charge in [0.05, 0.1) is 31.2 Å². The number of piperidine rings is 1. The van der Waals surface area contributed by atoms with Crippen LogP contribution in [0.3, 0.4) is 0 Å². The molecule has 0 atom stereocenters. The number of aromatic nitrogens is 2. The normalized spacial score (nSPS) is 14.7. The van der Waals surface area contributed by atoms with Gasteiger partial charge in [-0.1, -0.05) is 0 Å². The van der Waals surface area contributed by atoms with Gasteiger partial charge in [0.25, 0.3) is 5.91 Å². The number of nitrogens with one attached hydrogen (secondary N) is 1. The molecule has 0 spiro atoms. The predicted molar refractivity (Wildman–Crippen MR) is 104 cm³/mol. The Bertz CT molecular complexity index is 817. The number of aryl methyl sites for hydroxylation is 2. The van der Waals surface area contributed by atoms with Gasteiger partial charge in [-0.05, 0) is 38.8 Å². The summed E-state index contributed by atoms with van der Waals surface area (Å²) < 4.78 is 10.6. The van der Waals surface area contributed by atoms with E-state index in [1.54, 1.807) is 38.6 Å². The molecule has 1 saturated heterocycles. The fourth-order valence-electron chi connectivity index (χ4n) is 3.24. The maximum absolute atomic E-state index is 12.9. The number of carbonyl (C=O) groups excluding carboxylic acids is 1. The third-order valence-corrected chi connectivity index (χ3v) is 4.84. The van der Waals surface area contributed by atoms with Crippen LogP contribution in [0.15, 0.2) is 24.4 Å². The third kappa shape index (κ3) is 4.30. The molecule has 0 bridgehead atoms. The SMILES string of the molecule is COc1ccc(C(=O)N2CCC(Nc3nc(C)cnc3C)CC2)c(OC)c1. The number of benzene rings is 1. The van der Waals surface area contributed by atoms with Gasteiger partial charge in [0, 0.05) is 31.4 Å². The zero-order chi connectivity index (χ0) is 19.4. The Kier molecular flexibility index (Phi) is 5.78. The minimum Gasteiger partial charge on any atom is -0.497 e. The van der Waals surface area contributed by atoms with Crippen molar-refractivity contribution < 1.29 is 14.3 Å². The van der Waals surface area contributed by atoms with Gasteiger partial charge in [-0.15, -0.1) is 0 Å². The number of anilines is 1. The van der Waals surface area contributed by atoms with E-state index in [-0.39, 0.29) is 11.9 Å². The molecule has 0 unspecified atom stereocenters. The molecular weight excluding hydrogens is 344 g/mol. The van der Waals surface area contributed by atoms with Crippen molar-refractivity contribution in [3.8, 4) is 11.5 Å². The number of methoxy groups -OCH3 is 2. The van der Waals surface area contributed by atoms with E-state index in [1.165, 1.54) is 0 Å². The van der Waals surface area contributed by atoms with Gasteiger partial charge in [0.15, 0.2) is 0 Å². The van der Waals surface area contributed by atoms with E-state index in [0.29, 0.717) is 30.2 Å². The Hall–Kier alpha value is -2.83. The monoisotopic (exact) mass is 370 g/mol. The Balaban J connectivity index is 1.63. The van der Waals surface area contributed by atoms with E-state index in [1.807, 2.05) is 18.7 Å². The lowest BCUT2D eigenvalue weighted by atomic mass is 10.0. The molecule has 2 aromatic rings. The minimum atomic E-state index is -0.0144. The van der Waals surface area contributed by atoms with Crippen molar-refractivity contribution in [2.45, 2.75) is 32.7 Å². The first kappa shape index (κ1) is 18.9. The zero-order valence-electron chi connectivity index (χ0n) is 16.3. The quantitative estimate of drug-likeness (QED) is 0.872. The fourth-order valence-corrected chi connectivity index (χ4v) is 3.24. The Labute approximate surface area is 159 Å². The summed E-state index contributed by atoms with van der Waals surface area (Å²) in [6.45, 7) is 5.25. The van der Waals surface area contributed by atoms with Crippen molar-refractivity contribution in [1.82, 2.24) is 14.9 Å². The molecule has 1 aliphatic rings. The van der Waals surface area contributed by atoms with Crippen LogP contribution in [0.25, 0.3) is 0 Å². The number of hydrogen-bond donors (Lipinski definition) is 1. The predicted octanol–water partition coefficient (Wildman–Crippen LogP) is 2.83. The number of rotatable bonds is 5. The van der Waals surface area contributed by atoms with Crippen LogP contribution in [0, 0.1) is 13.8 Å². The number of likely N-dealkylation sites (tertiary alicyclic amines) is 1. The van der Waals surface area contributed by atoms with Gasteiger partial charge in [0.2, 0.25) is 0 Å². The molecule has 27 heavy (non-hydrogen) atoms. The molecular formula is C20H26N4O3. The summed E-state index contributed by atoms with van der Waals surface area (Å²) in [6.07, 6.45) is 3.49. The van der Waals surface area contributed by atoms with E-state index in [0.717, 1.165) is 30.0 Å². The Morgan fingerprint density at radius 2 is 1.93 bits per heavy atom. The lowest BCUT2D eigenvalue weighted by Gasteiger charge is -2.33. The van der Waals surface area contributed by atoms with Crippen molar-refractivity contribution in [1.29, 1.82) is 0 Å².